The number of aromatic nitrogens is 1. The number of hydrogen-bond acceptors (Lipinski definition) is 3. The number of nitrogens with one attached hydrogen (secondary N) is 2. The van der Waals surface area contributed by atoms with Gasteiger partial charge in [-0.15, -0.1) is 0 Å². The Balaban J connectivity index is 1.35. The van der Waals surface area contributed by atoms with Crippen LogP contribution in [0.25, 0.3) is 11.1 Å². The molecule has 1 aromatic heterocycles. The predicted molar refractivity (Wildman–Crippen MR) is 132 cm³/mol. The average molecular weight is 422 g/mol. The van der Waals surface area contributed by atoms with Crippen LogP contribution in [0.15, 0.2) is 97.2 Å². The second kappa shape index (κ2) is 9.92. The Bertz CT molecular complexity index is 1170. The van der Waals surface area contributed by atoms with E-state index < -0.39 is 0 Å². The molecule has 4 aromatic rings. The van der Waals surface area contributed by atoms with Crippen molar-refractivity contribution in [2.24, 2.45) is 0 Å². The van der Waals surface area contributed by atoms with Crippen molar-refractivity contribution < 1.29 is 4.79 Å². The van der Waals surface area contributed by atoms with Gasteiger partial charge in [-0.1, -0.05) is 54.6 Å². The van der Waals surface area contributed by atoms with Crippen molar-refractivity contribution in [3.63, 3.8) is 0 Å². The van der Waals surface area contributed by atoms with Gasteiger partial charge < -0.3 is 10.6 Å². The minimum Gasteiger partial charge on any atom is -0.381 e. The van der Waals surface area contributed by atoms with Gasteiger partial charge in [0.15, 0.2) is 0 Å². The van der Waals surface area contributed by atoms with Crippen LogP contribution >= 0.6 is 0 Å². The molecule has 0 aliphatic heterocycles. The summed E-state index contributed by atoms with van der Waals surface area (Å²) in [5.74, 6) is -0.275. The fourth-order valence-corrected chi connectivity index (χ4v) is 3.56. The number of pyridine rings is 1. The Morgan fingerprint density at radius 2 is 1.53 bits per heavy atom. The molecule has 0 bridgehead atoms. The Kier molecular flexibility index (Phi) is 6.61. The SMILES string of the molecule is Cc1cc(-c2ccc(NC(=O)C(C)c3ccc(NCc4ccccc4)cc3)cc2)ccn1. The average Bonchev–Trinajstić information content (AvgIpc) is 2.84. The van der Waals surface area contributed by atoms with E-state index in [1.54, 1.807) is 0 Å². The summed E-state index contributed by atoms with van der Waals surface area (Å²) in [5.41, 5.74) is 7.23. The van der Waals surface area contributed by atoms with Gasteiger partial charge in [-0.25, -0.2) is 0 Å². The number of aryl methyl sites for hydroxylation is 1. The van der Waals surface area contributed by atoms with Crippen LogP contribution in [0.1, 0.15) is 29.7 Å². The number of carbonyl (C=O) groups excluding carboxylic acids is 1. The molecule has 160 valence electrons. The highest BCUT2D eigenvalue weighted by Gasteiger charge is 2.15. The maximum absolute atomic E-state index is 12.8. The van der Waals surface area contributed by atoms with E-state index in [0.29, 0.717) is 0 Å². The quantitative estimate of drug-likeness (QED) is 0.362. The van der Waals surface area contributed by atoms with Gasteiger partial charge >= 0.3 is 0 Å². The molecule has 1 amide bonds. The first-order valence-electron chi connectivity index (χ1n) is 10.8. The summed E-state index contributed by atoms with van der Waals surface area (Å²) in [5, 5.41) is 6.44. The zero-order valence-electron chi connectivity index (χ0n) is 18.4. The van der Waals surface area contributed by atoms with Crippen molar-refractivity contribution >= 4 is 17.3 Å². The highest BCUT2D eigenvalue weighted by molar-refractivity contribution is 5.95. The standard InChI is InChI=1S/C28H27N3O/c1-20-18-25(16-17-29-20)24-10-14-27(15-11-24)31-28(32)21(2)23-8-12-26(13-9-23)30-19-22-6-4-3-5-7-22/h3-18,21,30H,19H2,1-2H3,(H,31,32). The van der Waals surface area contributed by atoms with E-state index in [-0.39, 0.29) is 11.8 Å². The number of amides is 1. The first kappa shape index (κ1) is 21.3. The first-order chi connectivity index (χ1) is 15.6. The molecule has 0 saturated heterocycles. The summed E-state index contributed by atoms with van der Waals surface area (Å²) in [6.45, 7) is 4.67. The number of benzene rings is 3. The van der Waals surface area contributed by atoms with Crippen LogP contribution in [-0.2, 0) is 11.3 Å². The molecule has 0 spiro atoms. The first-order valence-corrected chi connectivity index (χ1v) is 10.8. The van der Waals surface area contributed by atoms with Gasteiger partial charge in [0.05, 0.1) is 5.92 Å². The molecule has 2 N–H and O–H groups in total. The normalized spacial score (nSPS) is 11.6. The third kappa shape index (κ3) is 5.41. The van der Waals surface area contributed by atoms with Crippen LogP contribution in [0.5, 0.6) is 0 Å². The van der Waals surface area contributed by atoms with Crippen molar-refractivity contribution in [2.45, 2.75) is 26.3 Å². The van der Waals surface area contributed by atoms with Crippen LogP contribution in [0, 0.1) is 6.92 Å². The third-order valence-corrected chi connectivity index (χ3v) is 5.53. The van der Waals surface area contributed by atoms with Crippen LogP contribution in [0.3, 0.4) is 0 Å². The van der Waals surface area contributed by atoms with Crippen LogP contribution in [0.4, 0.5) is 11.4 Å². The lowest BCUT2D eigenvalue weighted by Crippen LogP contribution is -2.18. The highest BCUT2D eigenvalue weighted by Crippen LogP contribution is 2.24. The molecule has 1 unspecified atom stereocenters. The zero-order chi connectivity index (χ0) is 22.3. The molecule has 0 saturated carbocycles. The van der Waals surface area contributed by atoms with Crippen LogP contribution in [0.2, 0.25) is 0 Å². The summed E-state index contributed by atoms with van der Waals surface area (Å²) < 4.78 is 0. The summed E-state index contributed by atoms with van der Waals surface area (Å²) >= 11 is 0. The van der Waals surface area contributed by atoms with E-state index in [1.165, 1.54) is 5.56 Å². The van der Waals surface area contributed by atoms with Gasteiger partial charge in [0.1, 0.15) is 0 Å². The van der Waals surface area contributed by atoms with Gasteiger partial charge in [-0.05, 0) is 72.5 Å². The topological polar surface area (TPSA) is 54.0 Å². The predicted octanol–water partition coefficient (Wildman–Crippen LogP) is 6.41. The van der Waals surface area contributed by atoms with E-state index in [4.69, 9.17) is 0 Å². The largest absolute Gasteiger partial charge is 0.381 e. The zero-order valence-corrected chi connectivity index (χ0v) is 18.4. The summed E-state index contributed by atoms with van der Waals surface area (Å²) in [6, 6.07) is 30.3. The molecule has 0 aliphatic carbocycles. The molecule has 1 atom stereocenters. The fourth-order valence-electron chi connectivity index (χ4n) is 3.56. The third-order valence-electron chi connectivity index (χ3n) is 5.53. The number of hydrogen-bond donors (Lipinski definition) is 2. The number of carbonyl (C=O) groups is 1. The molecule has 3 aromatic carbocycles. The summed E-state index contributed by atoms with van der Waals surface area (Å²) in [7, 11) is 0. The van der Waals surface area contributed by atoms with E-state index in [1.807, 2.05) is 98.9 Å². The van der Waals surface area contributed by atoms with Gasteiger partial charge in [-0.2, -0.15) is 0 Å². The lowest BCUT2D eigenvalue weighted by Gasteiger charge is -2.14. The summed E-state index contributed by atoms with van der Waals surface area (Å²) in [6.07, 6.45) is 1.81. The monoisotopic (exact) mass is 421 g/mol. The lowest BCUT2D eigenvalue weighted by molar-refractivity contribution is -0.117. The second-order valence-corrected chi connectivity index (χ2v) is 7.94. The van der Waals surface area contributed by atoms with Gasteiger partial charge in [0.2, 0.25) is 5.91 Å². The smallest absolute Gasteiger partial charge is 0.231 e. The molecule has 0 fully saturated rings. The fraction of sp³-hybridized carbons (Fsp3) is 0.143. The van der Waals surface area contributed by atoms with Crippen molar-refractivity contribution in [3.8, 4) is 11.1 Å². The van der Waals surface area contributed by atoms with E-state index in [0.717, 1.165) is 40.3 Å². The maximum atomic E-state index is 12.8. The molecule has 32 heavy (non-hydrogen) atoms. The maximum Gasteiger partial charge on any atom is 0.231 e. The molecular weight excluding hydrogens is 394 g/mol. The molecule has 1 heterocycles. The Morgan fingerprint density at radius 1 is 0.844 bits per heavy atom. The van der Waals surface area contributed by atoms with E-state index >= 15 is 0 Å². The minimum atomic E-state index is -0.249. The molecule has 0 aliphatic rings. The number of rotatable bonds is 7. The molecular formula is C28H27N3O. The van der Waals surface area contributed by atoms with E-state index in [2.05, 4.69) is 27.8 Å². The van der Waals surface area contributed by atoms with Gasteiger partial charge in [0, 0.05) is 29.8 Å². The Morgan fingerprint density at radius 3 is 2.22 bits per heavy atom. The molecule has 4 heteroatoms. The Hall–Kier alpha value is -3.92. The van der Waals surface area contributed by atoms with E-state index in [9.17, 15) is 4.79 Å². The van der Waals surface area contributed by atoms with Crippen molar-refractivity contribution in [1.82, 2.24) is 4.98 Å². The van der Waals surface area contributed by atoms with Gasteiger partial charge in [0.25, 0.3) is 0 Å². The molecule has 0 radical (unpaired) electrons. The lowest BCUT2D eigenvalue weighted by atomic mass is 9.99. The number of anilines is 2. The van der Waals surface area contributed by atoms with Crippen LogP contribution in [-0.4, -0.2) is 10.9 Å². The van der Waals surface area contributed by atoms with Crippen molar-refractivity contribution in [3.05, 3.63) is 114 Å². The Labute approximate surface area is 189 Å². The minimum absolute atomic E-state index is 0.0255. The second-order valence-electron chi connectivity index (χ2n) is 7.94. The molecule has 4 rings (SSSR count). The van der Waals surface area contributed by atoms with Crippen molar-refractivity contribution in [2.75, 3.05) is 10.6 Å². The highest BCUT2D eigenvalue weighted by atomic mass is 16.1. The van der Waals surface area contributed by atoms with Crippen LogP contribution < -0.4 is 10.6 Å². The summed E-state index contributed by atoms with van der Waals surface area (Å²) in [4.78, 5) is 17.0. The molecule has 4 nitrogen and oxygen atoms in total. The van der Waals surface area contributed by atoms with Gasteiger partial charge in [-0.3, -0.25) is 9.78 Å². The number of nitrogens with zero attached hydrogens (tertiary/aromatic N) is 1. The van der Waals surface area contributed by atoms with Crippen molar-refractivity contribution in [1.29, 1.82) is 0 Å².